The molecule has 1 aromatic rings. The molecule has 1 aromatic carbocycles. The van der Waals surface area contributed by atoms with Gasteiger partial charge in [-0.2, -0.15) is 0 Å². The highest BCUT2D eigenvalue weighted by molar-refractivity contribution is 6.32. The van der Waals surface area contributed by atoms with Crippen LogP contribution in [-0.2, 0) is 4.79 Å². The predicted molar refractivity (Wildman–Crippen MR) is 86.2 cm³/mol. The highest BCUT2D eigenvalue weighted by Gasteiger charge is 2.25. The first kappa shape index (κ1) is 15.2. The zero-order valence-corrected chi connectivity index (χ0v) is 13.4. The molecule has 0 bridgehead atoms. The summed E-state index contributed by atoms with van der Waals surface area (Å²) >= 11 is 6.15. The third-order valence-electron chi connectivity index (χ3n) is 3.85. The predicted octanol–water partition coefficient (Wildman–Crippen LogP) is 3.73. The lowest BCUT2D eigenvalue weighted by atomic mass is 10.2. The van der Waals surface area contributed by atoms with E-state index < -0.39 is 0 Å². The minimum atomic E-state index is 0.0579. The number of rotatable bonds is 6. The second-order valence-corrected chi connectivity index (χ2v) is 6.20. The molecule has 0 unspecified atom stereocenters. The number of carbonyl (C=O) groups excluding carboxylic acids is 1. The van der Waals surface area contributed by atoms with E-state index in [4.69, 9.17) is 21.1 Å². The first-order valence-corrected chi connectivity index (χ1v) is 8.11. The number of carbonyl (C=O) groups is 1. The normalized spacial score (nSPS) is 16.3. The average molecular weight is 322 g/mol. The molecule has 0 atom stereocenters. The van der Waals surface area contributed by atoms with Gasteiger partial charge < -0.3 is 14.4 Å². The maximum atomic E-state index is 12.3. The van der Waals surface area contributed by atoms with E-state index in [0.29, 0.717) is 22.4 Å². The largest absolute Gasteiger partial charge is 0.454 e. The van der Waals surface area contributed by atoms with Gasteiger partial charge in [-0.25, -0.2) is 0 Å². The summed E-state index contributed by atoms with van der Waals surface area (Å²) in [4.78, 5) is 14.3. The fourth-order valence-electron chi connectivity index (χ4n) is 2.53. The van der Waals surface area contributed by atoms with Gasteiger partial charge in [0.05, 0.1) is 5.02 Å². The van der Waals surface area contributed by atoms with Gasteiger partial charge in [-0.1, -0.05) is 18.5 Å². The van der Waals surface area contributed by atoms with Crippen LogP contribution in [0.1, 0.15) is 31.7 Å². The van der Waals surface area contributed by atoms with Crippen molar-refractivity contribution in [3.8, 4) is 11.5 Å². The lowest BCUT2D eigenvalue weighted by Crippen LogP contribution is -2.32. The Kier molecular flexibility index (Phi) is 4.57. The van der Waals surface area contributed by atoms with Crippen molar-refractivity contribution < 1.29 is 14.3 Å². The number of hydrogen-bond donors (Lipinski definition) is 0. The van der Waals surface area contributed by atoms with Crippen molar-refractivity contribution >= 4 is 23.6 Å². The molecule has 0 radical (unpaired) electrons. The fraction of sp³-hybridized carbons (Fsp3) is 0.471. The summed E-state index contributed by atoms with van der Waals surface area (Å²) < 4.78 is 10.6. The van der Waals surface area contributed by atoms with Gasteiger partial charge in [0.1, 0.15) is 0 Å². The van der Waals surface area contributed by atoms with Crippen LogP contribution >= 0.6 is 11.6 Å². The molecule has 1 fully saturated rings. The minimum absolute atomic E-state index is 0.0579. The zero-order valence-electron chi connectivity index (χ0n) is 12.7. The molecule has 4 nitrogen and oxygen atoms in total. The Labute approximate surface area is 135 Å². The fourth-order valence-corrected chi connectivity index (χ4v) is 2.80. The summed E-state index contributed by atoms with van der Waals surface area (Å²) in [5.41, 5.74) is 0.838. The molecule has 2 aliphatic rings. The molecular formula is C17H20ClNO3. The molecule has 0 aromatic heterocycles. The van der Waals surface area contributed by atoms with Crippen molar-refractivity contribution in [3.05, 3.63) is 28.8 Å². The Balaban J connectivity index is 1.69. The molecule has 3 rings (SSSR count). The summed E-state index contributed by atoms with van der Waals surface area (Å²) in [6.07, 6.45) is 6.86. The van der Waals surface area contributed by atoms with Crippen LogP contribution in [0.2, 0.25) is 5.02 Å². The van der Waals surface area contributed by atoms with Gasteiger partial charge in [0, 0.05) is 19.2 Å². The quantitative estimate of drug-likeness (QED) is 0.749. The van der Waals surface area contributed by atoms with Crippen molar-refractivity contribution in [1.82, 2.24) is 4.90 Å². The molecule has 0 N–H and O–H groups in total. The van der Waals surface area contributed by atoms with Gasteiger partial charge in [-0.05, 0) is 49.0 Å². The van der Waals surface area contributed by atoms with Crippen LogP contribution in [0.4, 0.5) is 0 Å². The third kappa shape index (κ3) is 3.55. The molecule has 22 heavy (non-hydrogen) atoms. The molecule has 1 saturated carbocycles. The number of ether oxygens (including phenoxy) is 2. The van der Waals surface area contributed by atoms with Gasteiger partial charge >= 0.3 is 0 Å². The smallest absolute Gasteiger partial charge is 0.246 e. The number of fused-ring (bicyclic) bond motifs is 1. The van der Waals surface area contributed by atoms with Gasteiger partial charge in [0.2, 0.25) is 12.7 Å². The maximum absolute atomic E-state index is 12.3. The van der Waals surface area contributed by atoms with Crippen LogP contribution in [0.5, 0.6) is 11.5 Å². The molecule has 1 amide bonds. The molecule has 5 heteroatoms. The lowest BCUT2D eigenvalue weighted by Gasteiger charge is -2.20. The molecule has 1 aliphatic heterocycles. The Morgan fingerprint density at radius 3 is 2.95 bits per heavy atom. The van der Waals surface area contributed by atoms with Crippen LogP contribution in [0.25, 0.3) is 6.08 Å². The summed E-state index contributed by atoms with van der Waals surface area (Å²) in [6, 6.07) is 3.62. The summed E-state index contributed by atoms with van der Waals surface area (Å²) in [5, 5.41) is 0.505. The molecule has 1 aliphatic carbocycles. The number of benzene rings is 1. The van der Waals surface area contributed by atoms with Gasteiger partial charge in [0.15, 0.2) is 11.5 Å². The highest BCUT2D eigenvalue weighted by Crippen LogP contribution is 2.40. The van der Waals surface area contributed by atoms with Crippen LogP contribution in [0.3, 0.4) is 0 Å². The van der Waals surface area contributed by atoms with Crippen molar-refractivity contribution in [1.29, 1.82) is 0 Å². The SMILES string of the molecule is CCCN(CC1CC1)C(=O)/C=C/c1cc(Cl)c2c(c1)OCO2. The van der Waals surface area contributed by atoms with Crippen LogP contribution < -0.4 is 9.47 Å². The van der Waals surface area contributed by atoms with E-state index in [1.54, 1.807) is 18.2 Å². The van der Waals surface area contributed by atoms with Crippen LogP contribution in [0, 0.1) is 5.92 Å². The number of nitrogens with zero attached hydrogens (tertiary/aromatic N) is 1. The van der Waals surface area contributed by atoms with E-state index in [9.17, 15) is 4.79 Å². The van der Waals surface area contributed by atoms with Crippen molar-refractivity contribution in [3.63, 3.8) is 0 Å². The minimum Gasteiger partial charge on any atom is -0.454 e. The van der Waals surface area contributed by atoms with Crippen molar-refractivity contribution in [2.45, 2.75) is 26.2 Å². The van der Waals surface area contributed by atoms with Crippen LogP contribution in [-0.4, -0.2) is 30.7 Å². The first-order valence-electron chi connectivity index (χ1n) is 7.73. The highest BCUT2D eigenvalue weighted by atomic mass is 35.5. The van der Waals surface area contributed by atoms with Crippen molar-refractivity contribution in [2.75, 3.05) is 19.9 Å². The maximum Gasteiger partial charge on any atom is 0.246 e. The Morgan fingerprint density at radius 1 is 1.41 bits per heavy atom. The van der Waals surface area contributed by atoms with Crippen molar-refractivity contribution in [2.24, 2.45) is 5.92 Å². The summed E-state index contributed by atoms with van der Waals surface area (Å²) in [5.74, 6) is 1.96. The van der Waals surface area contributed by atoms with E-state index in [-0.39, 0.29) is 12.7 Å². The Morgan fingerprint density at radius 2 is 2.23 bits per heavy atom. The van der Waals surface area contributed by atoms with Crippen LogP contribution in [0.15, 0.2) is 18.2 Å². The first-order chi connectivity index (χ1) is 10.7. The lowest BCUT2D eigenvalue weighted by molar-refractivity contribution is -0.126. The second-order valence-electron chi connectivity index (χ2n) is 5.80. The average Bonchev–Trinajstić information content (AvgIpc) is 3.18. The zero-order chi connectivity index (χ0) is 15.5. The molecule has 1 heterocycles. The number of hydrogen-bond acceptors (Lipinski definition) is 3. The van der Waals surface area contributed by atoms with E-state index in [2.05, 4.69) is 6.92 Å². The monoisotopic (exact) mass is 321 g/mol. The third-order valence-corrected chi connectivity index (χ3v) is 4.13. The number of halogens is 1. The Bertz CT molecular complexity index is 596. The topological polar surface area (TPSA) is 38.8 Å². The van der Waals surface area contributed by atoms with E-state index >= 15 is 0 Å². The summed E-state index contributed by atoms with van der Waals surface area (Å²) in [6.45, 7) is 3.96. The van der Waals surface area contributed by atoms with Gasteiger partial charge in [-0.15, -0.1) is 0 Å². The Hall–Kier alpha value is -1.68. The van der Waals surface area contributed by atoms with E-state index in [1.807, 2.05) is 11.0 Å². The van der Waals surface area contributed by atoms with Gasteiger partial charge in [-0.3, -0.25) is 4.79 Å². The molecular weight excluding hydrogens is 302 g/mol. The van der Waals surface area contributed by atoms with E-state index in [0.717, 1.165) is 25.1 Å². The molecule has 0 saturated heterocycles. The summed E-state index contributed by atoms with van der Waals surface area (Å²) in [7, 11) is 0. The second kappa shape index (κ2) is 6.61. The molecule has 118 valence electrons. The van der Waals surface area contributed by atoms with E-state index in [1.165, 1.54) is 12.8 Å². The number of amides is 1. The molecule has 0 spiro atoms. The standard InChI is InChI=1S/C17H20ClNO3/c1-2-7-19(10-12-3-4-12)16(20)6-5-13-8-14(18)17-15(9-13)21-11-22-17/h5-6,8-9,12H,2-4,7,10-11H2,1H3/b6-5+. The van der Waals surface area contributed by atoms with Gasteiger partial charge in [0.25, 0.3) is 0 Å².